The van der Waals surface area contributed by atoms with Gasteiger partial charge in [-0.2, -0.15) is 0 Å². The highest BCUT2D eigenvalue weighted by Crippen LogP contribution is 2.39. The van der Waals surface area contributed by atoms with Gasteiger partial charge in [0.25, 0.3) is 11.4 Å². The Morgan fingerprint density at radius 1 is 0.781 bits per heavy atom. The second-order valence-electron chi connectivity index (χ2n) is 9.08. The van der Waals surface area contributed by atoms with E-state index in [2.05, 4.69) is 65.1 Å². The second kappa shape index (κ2) is 9.58. The molecular formula is C21H28N4O7. The van der Waals surface area contributed by atoms with E-state index in [1.54, 1.807) is 0 Å². The molecule has 0 aromatic heterocycles. The molecule has 0 radical (unpaired) electrons. The summed E-state index contributed by atoms with van der Waals surface area (Å²) in [6.07, 6.45) is 0. The molecule has 0 amide bonds. The van der Waals surface area contributed by atoms with Crippen molar-refractivity contribution >= 4 is 22.7 Å². The fourth-order valence-electron chi connectivity index (χ4n) is 3.05. The van der Waals surface area contributed by atoms with Crippen LogP contribution in [0.1, 0.15) is 52.7 Å². The summed E-state index contributed by atoms with van der Waals surface area (Å²) < 4.78 is 0. The van der Waals surface area contributed by atoms with Crippen LogP contribution in [0.5, 0.6) is 5.75 Å². The van der Waals surface area contributed by atoms with Crippen LogP contribution in [-0.4, -0.2) is 26.9 Å². The van der Waals surface area contributed by atoms with Crippen LogP contribution >= 0.6 is 0 Å². The highest BCUT2D eigenvalue weighted by molar-refractivity contribution is 5.64. The number of para-hydroxylation sites is 1. The number of hydrogen-bond acceptors (Lipinski definition) is 8. The van der Waals surface area contributed by atoms with Crippen LogP contribution in [0.4, 0.5) is 22.7 Å². The lowest BCUT2D eigenvalue weighted by Crippen LogP contribution is -2.19. The van der Waals surface area contributed by atoms with Crippen LogP contribution in [-0.2, 0) is 10.8 Å². The first-order valence-corrected chi connectivity index (χ1v) is 9.64. The van der Waals surface area contributed by atoms with E-state index in [0.717, 1.165) is 0 Å². The highest BCUT2D eigenvalue weighted by Gasteiger charge is 2.30. The zero-order valence-electron chi connectivity index (χ0n) is 19.1. The Morgan fingerprint density at radius 3 is 1.41 bits per heavy atom. The monoisotopic (exact) mass is 448 g/mol. The average Bonchev–Trinajstić information content (AvgIpc) is 2.65. The van der Waals surface area contributed by atoms with E-state index in [9.17, 15) is 30.3 Å². The standard InChI is InChI=1S/C15H25N.C6H3N3O7/c1-14(2,3)11-9-8-10-12(13(11)16-7)15(4,5)6;10-6-4(8(13)14)1-3(7(11)12)2-5(6)9(15)16/h8-10,16H,1-7H3;1-2,10H. The lowest BCUT2D eigenvalue weighted by Gasteiger charge is -2.29. The Morgan fingerprint density at radius 2 is 1.16 bits per heavy atom. The number of phenolic OH excluding ortho intramolecular Hbond substituents is 1. The van der Waals surface area contributed by atoms with Crippen molar-refractivity contribution in [2.75, 3.05) is 12.4 Å². The molecule has 0 aliphatic heterocycles. The average molecular weight is 448 g/mol. The van der Waals surface area contributed by atoms with Gasteiger partial charge in [0, 0.05) is 12.7 Å². The number of anilines is 1. The van der Waals surface area contributed by atoms with Gasteiger partial charge in [-0.3, -0.25) is 30.3 Å². The Labute approximate surface area is 185 Å². The van der Waals surface area contributed by atoms with Gasteiger partial charge in [-0.25, -0.2) is 0 Å². The van der Waals surface area contributed by atoms with Crippen molar-refractivity contribution in [1.29, 1.82) is 0 Å². The molecule has 0 heterocycles. The first kappa shape index (κ1) is 26.3. The normalized spacial score (nSPS) is 11.2. The number of non-ortho nitro benzene ring substituents is 1. The summed E-state index contributed by atoms with van der Waals surface area (Å²) in [5.41, 5.74) is 1.43. The molecule has 2 rings (SSSR count). The zero-order valence-corrected chi connectivity index (χ0v) is 19.1. The Bertz CT molecular complexity index is 970. The molecule has 0 saturated carbocycles. The summed E-state index contributed by atoms with van der Waals surface area (Å²) >= 11 is 0. The van der Waals surface area contributed by atoms with Gasteiger partial charge in [0.2, 0.25) is 0 Å². The van der Waals surface area contributed by atoms with Crippen molar-refractivity contribution in [1.82, 2.24) is 0 Å². The number of nitro groups is 3. The second-order valence-corrected chi connectivity index (χ2v) is 9.08. The van der Waals surface area contributed by atoms with Crippen LogP contribution in [0.3, 0.4) is 0 Å². The van der Waals surface area contributed by atoms with E-state index in [0.29, 0.717) is 12.1 Å². The van der Waals surface area contributed by atoms with Crippen LogP contribution < -0.4 is 5.32 Å². The van der Waals surface area contributed by atoms with E-state index in [1.165, 1.54) is 16.8 Å². The summed E-state index contributed by atoms with van der Waals surface area (Å²) in [4.78, 5) is 27.8. The first-order chi connectivity index (χ1) is 14.5. The van der Waals surface area contributed by atoms with Gasteiger partial charge in [0.1, 0.15) is 0 Å². The molecule has 0 aliphatic rings. The third-order valence-corrected chi connectivity index (χ3v) is 4.59. The van der Waals surface area contributed by atoms with Gasteiger partial charge >= 0.3 is 11.4 Å². The minimum atomic E-state index is -1.21. The Balaban J connectivity index is 0.000000320. The van der Waals surface area contributed by atoms with Crippen molar-refractivity contribution in [2.24, 2.45) is 0 Å². The van der Waals surface area contributed by atoms with E-state index in [-0.39, 0.29) is 10.8 Å². The number of benzene rings is 2. The molecule has 0 bridgehead atoms. The number of aromatic hydroxyl groups is 1. The number of nitrogens with zero attached hydrogens (tertiary/aromatic N) is 3. The van der Waals surface area contributed by atoms with Crippen LogP contribution in [0.15, 0.2) is 30.3 Å². The van der Waals surface area contributed by atoms with Crippen LogP contribution in [0.2, 0.25) is 0 Å². The molecule has 2 aromatic rings. The van der Waals surface area contributed by atoms with Gasteiger partial charge in [0.15, 0.2) is 0 Å². The fraction of sp³-hybridized carbons (Fsp3) is 0.429. The quantitative estimate of drug-likeness (QED) is 0.461. The number of rotatable bonds is 4. The largest absolute Gasteiger partial charge is 0.497 e. The Hall–Kier alpha value is -3.76. The lowest BCUT2D eigenvalue weighted by molar-refractivity contribution is -0.404. The SMILES string of the molecule is CNc1c(C(C)(C)C)cccc1C(C)(C)C.O=[N+]([O-])c1cc([N+](=O)[O-])c(O)c([N+](=O)[O-])c1. The molecule has 0 fully saturated rings. The minimum absolute atomic E-state index is 0.180. The van der Waals surface area contributed by atoms with Gasteiger partial charge < -0.3 is 10.4 Å². The van der Waals surface area contributed by atoms with E-state index >= 15 is 0 Å². The molecule has 0 aliphatic carbocycles. The maximum atomic E-state index is 10.4. The van der Waals surface area contributed by atoms with Crippen molar-refractivity contribution < 1.29 is 19.9 Å². The van der Waals surface area contributed by atoms with Gasteiger partial charge in [-0.15, -0.1) is 0 Å². The molecule has 2 aromatic carbocycles. The van der Waals surface area contributed by atoms with Crippen LogP contribution in [0.25, 0.3) is 0 Å². The number of nitrogens with one attached hydrogen (secondary N) is 1. The molecule has 0 saturated heterocycles. The zero-order chi connectivity index (χ0) is 25.0. The fourth-order valence-corrected chi connectivity index (χ4v) is 3.05. The molecule has 11 nitrogen and oxygen atoms in total. The number of hydrogen-bond donors (Lipinski definition) is 2. The topological polar surface area (TPSA) is 162 Å². The third kappa shape index (κ3) is 6.13. The molecule has 174 valence electrons. The number of nitro benzene ring substituents is 3. The predicted molar refractivity (Wildman–Crippen MR) is 121 cm³/mol. The lowest BCUT2D eigenvalue weighted by atomic mass is 9.79. The van der Waals surface area contributed by atoms with Crippen molar-refractivity contribution in [2.45, 2.75) is 52.4 Å². The molecular weight excluding hydrogens is 420 g/mol. The van der Waals surface area contributed by atoms with Gasteiger partial charge in [0.05, 0.1) is 26.9 Å². The summed E-state index contributed by atoms with van der Waals surface area (Å²) in [7, 11) is 2.01. The third-order valence-electron chi connectivity index (χ3n) is 4.59. The molecule has 11 heteroatoms. The van der Waals surface area contributed by atoms with E-state index in [4.69, 9.17) is 5.11 Å². The molecule has 0 atom stereocenters. The van der Waals surface area contributed by atoms with Crippen molar-refractivity contribution in [3.63, 3.8) is 0 Å². The molecule has 32 heavy (non-hydrogen) atoms. The maximum Gasteiger partial charge on any atom is 0.324 e. The molecule has 2 N–H and O–H groups in total. The van der Waals surface area contributed by atoms with Crippen molar-refractivity contribution in [3.8, 4) is 5.75 Å². The summed E-state index contributed by atoms with van der Waals surface area (Å²) in [6.45, 7) is 13.6. The van der Waals surface area contributed by atoms with E-state index in [1.807, 2.05) is 7.05 Å². The van der Waals surface area contributed by atoms with Gasteiger partial charge in [-0.1, -0.05) is 59.7 Å². The first-order valence-electron chi connectivity index (χ1n) is 9.64. The summed E-state index contributed by atoms with van der Waals surface area (Å²) in [5, 5.41) is 43.6. The Kier molecular flexibility index (Phi) is 7.87. The number of phenols is 1. The summed E-state index contributed by atoms with van der Waals surface area (Å²) in [6, 6.07) is 7.51. The minimum Gasteiger partial charge on any atom is -0.497 e. The smallest absolute Gasteiger partial charge is 0.324 e. The molecule has 0 spiro atoms. The molecule has 0 unspecified atom stereocenters. The highest BCUT2D eigenvalue weighted by atomic mass is 16.6. The van der Waals surface area contributed by atoms with E-state index < -0.39 is 37.6 Å². The summed E-state index contributed by atoms with van der Waals surface area (Å²) in [5.74, 6) is -1.21. The predicted octanol–water partition coefficient (Wildman–Crippen LogP) is 5.44. The maximum absolute atomic E-state index is 10.4. The van der Waals surface area contributed by atoms with Crippen molar-refractivity contribution in [3.05, 3.63) is 71.8 Å². The van der Waals surface area contributed by atoms with Crippen LogP contribution in [0, 0.1) is 30.3 Å². The van der Waals surface area contributed by atoms with Gasteiger partial charge in [-0.05, 0) is 22.0 Å².